The number of alkyl halides is 3. The van der Waals surface area contributed by atoms with Crippen LogP contribution in [0.5, 0.6) is 0 Å². The van der Waals surface area contributed by atoms with Gasteiger partial charge in [-0.15, -0.1) is 0 Å². The van der Waals surface area contributed by atoms with Crippen LogP contribution in [0.2, 0.25) is 0 Å². The summed E-state index contributed by atoms with van der Waals surface area (Å²) in [5.74, 6) is -0.501. The number of anilines is 1. The van der Waals surface area contributed by atoms with Crippen LogP contribution in [0, 0.1) is 15.9 Å². The van der Waals surface area contributed by atoms with E-state index in [4.69, 9.17) is 0 Å². The van der Waals surface area contributed by atoms with Gasteiger partial charge in [0.15, 0.2) is 0 Å². The number of non-ortho nitro benzene ring substituents is 1. The molecule has 0 fully saturated rings. The zero-order chi connectivity index (χ0) is 16.3. The highest BCUT2D eigenvalue weighted by Crippen LogP contribution is 2.37. The first kappa shape index (κ1) is 15.7. The van der Waals surface area contributed by atoms with E-state index in [-0.39, 0.29) is 12.2 Å². The summed E-state index contributed by atoms with van der Waals surface area (Å²) in [5, 5.41) is 13.1. The fourth-order valence-electron chi connectivity index (χ4n) is 1.88. The van der Waals surface area contributed by atoms with Crippen LogP contribution in [0.25, 0.3) is 0 Å². The molecular weight excluding hydrogens is 304 g/mol. The highest BCUT2D eigenvalue weighted by Gasteiger charge is 2.35. The van der Waals surface area contributed by atoms with Crippen molar-refractivity contribution in [3.05, 3.63) is 69.5 Å². The number of nitrogens with one attached hydrogen (secondary N) is 1. The first-order chi connectivity index (χ1) is 10.3. The lowest BCUT2D eigenvalue weighted by Gasteiger charge is -2.14. The quantitative estimate of drug-likeness (QED) is 0.518. The van der Waals surface area contributed by atoms with Crippen molar-refractivity contribution in [3.8, 4) is 0 Å². The Hall–Kier alpha value is -2.64. The van der Waals surface area contributed by atoms with E-state index in [2.05, 4.69) is 5.32 Å². The molecule has 4 nitrogen and oxygen atoms in total. The van der Waals surface area contributed by atoms with Crippen molar-refractivity contribution in [1.29, 1.82) is 0 Å². The van der Waals surface area contributed by atoms with E-state index >= 15 is 0 Å². The van der Waals surface area contributed by atoms with Gasteiger partial charge in [0, 0.05) is 24.4 Å². The molecule has 0 saturated carbocycles. The molecule has 0 aliphatic rings. The second kappa shape index (κ2) is 6.00. The van der Waals surface area contributed by atoms with Crippen molar-refractivity contribution < 1.29 is 22.5 Å². The minimum absolute atomic E-state index is 0.0430. The van der Waals surface area contributed by atoms with Crippen molar-refractivity contribution in [3.63, 3.8) is 0 Å². The molecule has 0 aliphatic heterocycles. The van der Waals surface area contributed by atoms with Gasteiger partial charge in [0.25, 0.3) is 5.69 Å². The van der Waals surface area contributed by atoms with Crippen LogP contribution in [0.4, 0.5) is 28.9 Å². The summed E-state index contributed by atoms with van der Waals surface area (Å²) in [6.07, 6.45) is -4.74. The van der Waals surface area contributed by atoms with Crippen LogP contribution in [0.1, 0.15) is 11.1 Å². The monoisotopic (exact) mass is 314 g/mol. The zero-order valence-corrected chi connectivity index (χ0v) is 11.0. The molecule has 116 valence electrons. The van der Waals surface area contributed by atoms with Gasteiger partial charge in [-0.2, -0.15) is 13.2 Å². The van der Waals surface area contributed by atoms with Gasteiger partial charge < -0.3 is 5.32 Å². The molecule has 0 unspecified atom stereocenters. The lowest BCUT2D eigenvalue weighted by atomic mass is 10.1. The molecule has 8 heteroatoms. The number of nitrogens with zero attached hydrogens (tertiary/aromatic N) is 1. The fraction of sp³-hybridized carbons (Fsp3) is 0.143. The predicted octanol–water partition coefficient (Wildman–Crippen LogP) is 4.36. The third-order valence-corrected chi connectivity index (χ3v) is 2.89. The summed E-state index contributed by atoms with van der Waals surface area (Å²) < 4.78 is 51.9. The summed E-state index contributed by atoms with van der Waals surface area (Å²) in [5.41, 5.74) is -1.64. The topological polar surface area (TPSA) is 55.2 Å². The smallest absolute Gasteiger partial charge is 0.380 e. The minimum atomic E-state index is -4.74. The van der Waals surface area contributed by atoms with E-state index in [1.165, 1.54) is 18.2 Å². The van der Waals surface area contributed by atoms with E-state index < -0.39 is 28.2 Å². The van der Waals surface area contributed by atoms with Crippen LogP contribution >= 0.6 is 0 Å². The fourth-order valence-corrected chi connectivity index (χ4v) is 1.88. The molecule has 2 aromatic carbocycles. The number of nitro benzene ring substituents is 1. The summed E-state index contributed by atoms with van der Waals surface area (Å²) in [6.45, 7) is -0.0430. The summed E-state index contributed by atoms with van der Waals surface area (Å²) in [4.78, 5) is 9.69. The first-order valence-electron chi connectivity index (χ1n) is 6.11. The van der Waals surface area contributed by atoms with Gasteiger partial charge in [-0.1, -0.05) is 12.1 Å². The molecule has 0 saturated heterocycles. The average Bonchev–Trinajstić information content (AvgIpc) is 2.44. The van der Waals surface area contributed by atoms with Gasteiger partial charge in [-0.05, 0) is 23.8 Å². The highest BCUT2D eigenvalue weighted by molar-refractivity contribution is 5.57. The summed E-state index contributed by atoms with van der Waals surface area (Å²) in [6, 6.07) is 7.82. The Kier molecular flexibility index (Phi) is 4.30. The van der Waals surface area contributed by atoms with E-state index in [0.717, 1.165) is 12.1 Å². The normalized spacial score (nSPS) is 11.3. The Morgan fingerprint density at radius 2 is 1.86 bits per heavy atom. The van der Waals surface area contributed by atoms with Crippen molar-refractivity contribution in [2.45, 2.75) is 12.7 Å². The van der Waals surface area contributed by atoms with Gasteiger partial charge in [0.2, 0.25) is 0 Å². The molecule has 2 aromatic rings. The Labute approximate surface area is 122 Å². The number of hydrogen-bond donors (Lipinski definition) is 1. The predicted molar refractivity (Wildman–Crippen MR) is 71.8 cm³/mol. The van der Waals surface area contributed by atoms with Gasteiger partial charge in [0.05, 0.1) is 10.5 Å². The molecule has 22 heavy (non-hydrogen) atoms. The van der Waals surface area contributed by atoms with Gasteiger partial charge in [-0.3, -0.25) is 10.1 Å². The van der Waals surface area contributed by atoms with E-state index in [1.54, 1.807) is 6.07 Å². The van der Waals surface area contributed by atoms with Crippen LogP contribution in [-0.2, 0) is 12.7 Å². The molecule has 0 radical (unpaired) electrons. The first-order valence-corrected chi connectivity index (χ1v) is 6.11. The van der Waals surface area contributed by atoms with Crippen molar-refractivity contribution in [2.75, 3.05) is 5.32 Å². The standard InChI is InChI=1S/C14H10F4N2O2/c15-10-3-1-2-9(6-10)8-19-13-5-4-11(20(21)22)7-12(13)14(16,17)18/h1-7,19H,8H2. The average molecular weight is 314 g/mol. The lowest BCUT2D eigenvalue weighted by molar-refractivity contribution is -0.385. The Morgan fingerprint density at radius 1 is 1.14 bits per heavy atom. The molecular formula is C14H10F4N2O2. The van der Waals surface area contributed by atoms with Crippen LogP contribution in [0.3, 0.4) is 0 Å². The minimum Gasteiger partial charge on any atom is -0.380 e. The SMILES string of the molecule is O=[N+]([O-])c1ccc(NCc2cccc(F)c2)c(C(F)(F)F)c1. The second-order valence-electron chi connectivity index (χ2n) is 4.47. The van der Waals surface area contributed by atoms with Crippen LogP contribution in [0.15, 0.2) is 42.5 Å². The van der Waals surface area contributed by atoms with Gasteiger partial charge in [0.1, 0.15) is 5.82 Å². The van der Waals surface area contributed by atoms with E-state index in [9.17, 15) is 27.7 Å². The molecule has 0 heterocycles. The number of nitro groups is 1. The molecule has 0 aromatic heterocycles. The largest absolute Gasteiger partial charge is 0.418 e. The maximum absolute atomic E-state index is 13.0. The second-order valence-corrected chi connectivity index (χ2v) is 4.47. The molecule has 2 rings (SSSR count). The Balaban J connectivity index is 2.28. The third kappa shape index (κ3) is 3.72. The maximum Gasteiger partial charge on any atom is 0.418 e. The molecule has 1 N–H and O–H groups in total. The number of rotatable bonds is 4. The maximum atomic E-state index is 13.0. The summed E-state index contributed by atoms with van der Waals surface area (Å²) in [7, 11) is 0. The zero-order valence-electron chi connectivity index (χ0n) is 11.0. The van der Waals surface area contributed by atoms with Crippen LogP contribution < -0.4 is 5.32 Å². The molecule has 0 atom stereocenters. The highest BCUT2D eigenvalue weighted by atomic mass is 19.4. The van der Waals surface area contributed by atoms with Crippen molar-refractivity contribution in [2.24, 2.45) is 0 Å². The molecule has 0 bridgehead atoms. The van der Waals surface area contributed by atoms with E-state index in [1.807, 2.05) is 0 Å². The van der Waals surface area contributed by atoms with Crippen LogP contribution in [-0.4, -0.2) is 4.92 Å². The Morgan fingerprint density at radius 3 is 2.45 bits per heavy atom. The number of benzene rings is 2. The lowest BCUT2D eigenvalue weighted by Crippen LogP contribution is -2.11. The third-order valence-electron chi connectivity index (χ3n) is 2.89. The molecule has 0 spiro atoms. The molecule has 0 aliphatic carbocycles. The number of hydrogen-bond acceptors (Lipinski definition) is 3. The van der Waals surface area contributed by atoms with E-state index in [0.29, 0.717) is 11.6 Å². The molecule has 0 amide bonds. The van der Waals surface area contributed by atoms with Gasteiger partial charge in [-0.25, -0.2) is 4.39 Å². The Bertz CT molecular complexity index is 701. The van der Waals surface area contributed by atoms with Crippen molar-refractivity contribution >= 4 is 11.4 Å². The van der Waals surface area contributed by atoms with Crippen molar-refractivity contribution in [1.82, 2.24) is 0 Å². The summed E-state index contributed by atoms with van der Waals surface area (Å²) >= 11 is 0. The van der Waals surface area contributed by atoms with Gasteiger partial charge >= 0.3 is 6.18 Å². The number of halogens is 4.